The van der Waals surface area contributed by atoms with E-state index in [9.17, 15) is 0 Å². The number of nitrogens with one attached hydrogen (secondary N) is 1. The van der Waals surface area contributed by atoms with Crippen molar-refractivity contribution in [1.29, 1.82) is 0 Å². The lowest BCUT2D eigenvalue weighted by atomic mass is 9.90. The molecular formula is C13H17IN2. The molecule has 0 aliphatic rings. The van der Waals surface area contributed by atoms with Crippen molar-refractivity contribution in [2.75, 3.05) is 0 Å². The van der Waals surface area contributed by atoms with Crippen molar-refractivity contribution in [3.05, 3.63) is 27.5 Å². The third kappa shape index (κ3) is 2.24. The van der Waals surface area contributed by atoms with Crippen LogP contribution in [0.5, 0.6) is 0 Å². The first-order chi connectivity index (χ1) is 7.76. The maximum atomic E-state index is 4.15. The highest BCUT2D eigenvalue weighted by molar-refractivity contribution is 14.1. The molecule has 0 aliphatic carbocycles. The Kier molecular flexibility index (Phi) is 3.84. The number of hydrogen-bond acceptors (Lipinski definition) is 1. The molecule has 86 valence electrons. The standard InChI is InChI=1S/C13H17IN2/c1-3-5-9(4-2)11-6-10(14)7-13-12(11)8-15-16-13/h6-9H,3-5H2,1-2H3,(H,15,16). The first-order valence-electron chi connectivity index (χ1n) is 5.88. The van der Waals surface area contributed by atoms with Crippen molar-refractivity contribution in [2.45, 2.75) is 39.0 Å². The highest BCUT2D eigenvalue weighted by atomic mass is 127. The molecule has 0 saturated heterocycles. The summed E-state index contributed by atoms with van der Waals surface area (Å²) in [5.74, 6) is 0.666. The van der Waals surface area contributed by atoms with Crippen molar-refractivity contribution < 1.29 is 0 Å². The number of aromatic nitrogens is 2. The number of halogens is 1. The molecule has 0 amide bonds. The maximum absolute atomic E-state index is 4.15. The molecule has 0 radical (unpaired) electrons. The van der Waals surface area contributed by atoms with E-state index in [1.54, 1.807) is 0 Å². The minimum absolute atomic E-state index is 0.666. The summed E-state index contributed by atoms with van der Waals surface area (Å²) in [6.45, 7) is 4.52. The highest BCUT2D eigenvalue weighted by Gasteiger charge is 2.13. The predicted molar refractivity (Wildman–Crippen MR) is 76.8 cm³/mol. The van der Waals surface area contributed by atoms with Gasteiger partial charge < -0.3 is 0 Å². The van der Waals surface area contributed by atoms with E-state index in [1.165, 1.54) is 33.8 Å². The molecule has 0 fully saturated rings. The Balaban J connectivity index is 2.52. The Morgan fingerprint density at radius 3 is 2.88 bits per heavy atom. The molecule has 1 atom stereocenters. The highest BCUT2D eigenvalue weighted by Crippen LogP contribution is 2.31. The minimum Gasteiger partial charge on any atom is -0.278 e. The van der Waals surface area contributed by atoms with Crippen molar-refractivity contribution >= 4 is 33.5 Å². The van der Waals surface area contributed by atoms with Crippen LogP contribution in [0, 0.1) is 3.57 Å². The topological polar surface area (TPSA) is 28.7 Å². The zero-order chi connectivity index (χ0) is 11.5. The number of benzene rings is 1. The van der Waals surface area contributed by atoms with Gasteiger partial charge in [0.05, 0.1) is 11.7 Å². The van der Waals surface area contributed by atoms with Gasteiger partial charge in [0.1, 0.15) is 0 Å². The van der Waals surface area contributed by atoms with Crippen molar-refractivity contribution in [3.63, 3.8) is 0 Å². The van der Waals surface area contributed by atoms with Crippen LogP contribution in [0.2, 0.25) is 0 Å². The van der Waals surface area contributed by atoms with Crippen LogP contribution in [-0.2, 0) is 0 Å². The molecule has 0 bridgehead atoms. The average molecular weight is 328 g/mol. The SMILES string of the molecule is CCCC(CC)c1cc(I)cc2[nH]ncc12. The Hall–Kier alpha value is -0.580. The fourth-order valence-corrected chi connectivity index (χ4v) is 2.95. The molecule has 1 aromatic carbocycles. The van der Waals surface area contributed by atoms with Crippen molar-refractivity contribution in [2.24, 2.45) is 0 Å². The van der Waals surface area contributed by atoms with Gasteiger partial charge in [0.15, 0.2) is 0 Å². The van der Waals surface area contributed by atoms with Gasteiger partial charge in [-0.3, -0.25) is 5.10 Å². The van der Waals surface area contributed by atoms with E-state index in [1.807, 2.05) is 6.20 Å². The second-order valence-corrected chi connectivity index (χ2v) is 5.47. The number of hydrogen-bond donors (Lipinski definition) is 1. The second kappa shape index (κ2) is 5.17. The van der Waals surface area contributed by atoms with Crippen LogP contribution in [0.4, 0.5) is 0 Å². The van der Waals surface area contributed by atoms with Crippen LogP contribution < -0.4 is 0 Å². The zero-order valence-electron chi connectivity index (χ0n) is 9.76. The summed E-state index contributed by atoms with van der Waals surface area (Å²) in [6.07, 6.45) is 5.66. The van der Waals surface area contributed by atoms with Gasteiger partial charge >= 0.3 is 0 Å². The number of nitrogens with zero attached hydrogens (tertiary/aromatic N) is 1. The van der Waals surface area contributed by atoms with Gasteiger partial charge in [-0.15, -0.1) is 0 Å². The molecule has 1 unspecified atom stereocenters. The van der Waals surface area contributed by atoms with Gasteiger partial charge in [-0.2, -0.15) is 5.10 Å². The summed E-state index contributed by atoms with van der Waals surface area (Å²) in [4.78, 5) is 0. The molecule has 0 spiro atoms. The van der Waals surface area contributed by atoms with Gasteiger partial charge in [0, 0.05) is 8.96 Å². The minimum atomic E-state index is 0.666. The molecule has 1 heterocycles. The van der Waals surface area contributed by atoms with Crippen LogP contribution in [-0.4, -0.2) is 10.2 Å². The second-order valence-electron chi connectivity index (χ2n) is 4.22. The lowest BCUT2D eigenvalue weighted by molar-refractivity contribution is 0.599. The van der Waals surface area contributed by atoms with Crippen molar-refractivity contribution in [1.82, 2.24) is 10.2 Å². The zero-order valence-corrected chi connectivity index (χ0v) is 11.9. The summed E-state index contributed by atoms with van der Waals surface area (Å²) in [7, 11) is 0. The van der Waals surface area contributed by atoms with Crippen LogP contribution in [0.25, 0.3) is 10.9 Å². The quantitative estimate of drug-likeness (QED) is 0.825. The Morgan fingerprint density at radius 1 is 1.38 bits per heavy atom. The van der Waals surface area contributed by atoms with E-state index in [4.69, 9.17) is 0 Å². The number of H-pyrrole nitrogens is 1. The Labute approximate surface area is 110 Å². The Morgan fingerprint density at radius 2 is 2.19 bits per heavy atom. The molecule has 2 aromatic rings. The van der Waals surface area contributed by atoms with E-state index in [0.717, 1.165) is 5.52 Å². The van der Waals surface area contributed by atoms with Gasteiger partial charge in [0.25, 0.3) is 0 Å². The predicted octanol–water partition coefficient (Wildman–Crippen LogP) is 4.46. The first-order valence-corrected chi connectivity index (χ1v) is 6.96. The lowest BCUT2D eigenvalue weighted by Crippen LogP contribution is -1.98. The van der Waals surface area contributed by atoms with Crippen molar-refractivity contribution in [3.8, 4) is 0 Å². The van der Waals surface area contributed by atoms with Crippen LogP contribution in [0.3, 0.4) is 0 Å². The summed E-state index contributed by atoms with van der Waals surface area (Å²) >= 11 is 2.38. The molecule has 16 heavy (non-hydrogen) atoms. The molecule has 1 N–H and O–H groups in total. The van der Waals surface area contributed by atoms with Crippen LogP contribution >= 0.6 is 22.6 Å². The summed E-state index contributed by atoms with van der Waals surface area (Å²) in [5, 5.41) is 8.51. The molecular weight excluding hydrogens is 311 g/mol. The number of rotatable bonds is 4. The van der Waals surface area contributed by atoms with Gasteiger partial charge in [-0.1, -0.05) is 20.3 Å². The third-order valence-electron chi connectivity index (χ3n) is 3.13. The van der Waals surface area contributed by atoms with Gasteiger partial charge in [-0.05, 0) is 59.0 Å². The van der Waals surface area contributed by atoms with E-state index < -0.39 is 0 Å². The Bertz CT molecular complexity index is 476. The van der Waals surface area contributed by atoms with E-state index in [0.29, 0.717) is 5.92 Å². The summed E-state index contributed by atoms with van der Waals surface area (Å²) < 4.78 is 1.29. The van der Waals surface area contributed by atoms with E-state index in [2.05, 4.69) is 58.8 Å². The van der Waals surface area contributed by atoms with Crippen LogP contribution in [0.15, 0.2) is 18.3 Å². The lowest BCUT2D eigenvalue weighted by Gasteiger charge is -2.15. The fourth-order valence-electron chi connectivity index (χ4n) is 2.31. The number of fused-ring (bicyclic) bond motifs is 1. The van der Waals surface area contributed by atoms with Gasteiger partial charge in [0.2, 0.25) is 0 Å². The molecule has 1 aromatic heterocycles. The molecule has 2 rings (SSSR count). The summed E-state index contributed by atoms with van der Waals surface area (Å²) in [5.41, 5.74) is 2.62. The average Bonchev–Trinajstić information content (AvgIpc) is 2.72. The monoisotopic (exact) mass is 328 g/mol. The normalized spacial score (nSPS) is 13.2. The van der Waals surface area contributed by atoms with E-state index >= 15 is 0 Å². The molecule has 0 saturated carbocycles. The molecule has 3 heteroatoms. The summed E-state index contributed by atoms with van der Waals surface area (Å²) in [6, 6.07) is 4.47. The number of aromatic amines is 1. The third-order valence-corrected chi connectivity index (χ3v) is 3.75. The smallest absolute Gasteiger partial charge is 0.0663 e. The largest absolute Gasteiger partial charge is 0.278 e. The van der Waals surface area contributed by atoms with Crippen LogP contribution in [0.1, 0.15) is 44.6 Å². The van der Waals surface area contributed by atoms with E-state index in [-0.39, 0.29) is 0 Å². The first kappa shape index (κ1) is 11.9. The fraction of sp³-hybridized carbons (Fsp3) is 0.462. The molecule has 0 aliphatic heterocycles. The maximum Gasteiger partial charge on any atom is 0.0663 e. The van der Waals surface area contributed by atoms with Gasteiger partial charge in [-0.25, -0.2) is 0 Å². The molecule has 2 nitrogen and oxygen atoms in total.